The van der Waals surface area contributed by atoms with Crippen LogP contribution >= 0.6 is 0 Å². The number of rotatable bonds is 7. The monoisotopic (exact) mass is 250 g/mol. The molecule has 18 heavy (non-hydrogen) atoms. The molecule has 0 atom stereocenters. The van der Waals surface area contributed by atoms with Crippen LogP contribution in [0.1, 0.15) is 19.0 Å². The molecule has 6 heteroatoms. The van der Waals surface area contributed by atoms with Crippen LogP contribution in [0.15, 0.2) is 12.4 Å². The van der Waals surface area contributed by atoms with Crippen molar-refractivity contribution in [3.8, 4) is 0 Å². The second-order valence-corrected chi connectivity index (χ2v) is 4.46. The number of nitrogens with zero attached hydrogens (tertiary/aromatic N) is 4. The second-order valence-electron chi connectivity index (χ2n) is 4.46. The molecular formula is C12H22N6. The van der Waals surface area contributed by atoms with Gasteiger partial charge in [-0.25, -0.2) is 9.97 Å². The van der Waals surface area contributed by atoms with Crippen molar-refractivity contribution in [2.24, 2.45) is 5.73 Å². The second kappa shape index (κ2) is 6.90. The van der Waals surface area contributed by atoms with Crippen LogP contribution in [0.4, 0.5) is 5.82 Å². The fourth-order valence-electron chi connectivity index (χ4n) is 1.56. The lowest BCUT2D eigenvalue weighted by Gasteiger charge is -2.24. The van der Waals surface area contributed by atoms with E-state index < -0.39 is 0 Å². The summed E-state index contributed by atoms with van der Waals surface area (Å²) in [5.41, 5.74) is 5.78. The third-order valence-electron chi connectivity index (χ3n) is 2.55. The number of amidine groups is 1. The molecule has 0 spiro atoms. The van der Waals surface area contributed by atoms with Crippen molar-refractivity contribution in [2.45, 2.75) is 13.3 Å². The highest BCUT2D eigenvalue weighted by Crippen LogP contribution is 2.09. The molecule has 0 saturated carbocycles. The lowest BCUT2D eigenvalue weighted by atomic mass is 10.3. The van der Waals surface area contributed by atoms with Crippen LogP contribution < -0.4 is 10.6 Å². The van der Waals surface area contributed by atoms with E-state index >= 15 is 0 Å². The summed E-state index contributed by atoms with van der Waals surface area (Å²) in [6, 6.07) is 0. The number of nitrogens with two attached hydrogens (primary N) is 1. The molecule has 1 heterocycles. The molecule has 1 aromatic heterocycles. The van der Waals surface area contributed by atoms with Gasteiger partial charge in [0.25, 0.3) is 0 Å². The first-order valence-corrected chi connectivity index (χ1v) is 6.10. The van der Waals surface area contributed by atoms with E-state index in [4.69, 9.17) is 11.1 Å². The summed E-state index contributed by atoms with van der Waals surface area (Å²) in [6.45, 7) is 4.97. The highest BCUT2D eigenvalue weighted by Gasteiger charge is 2.08. The average molecular weight is 250 g/mol. The number of likely N-dealkylation sites (N-methyl/N-ethyl adjacent to an activating group) is 1. The maximum absolute atomic E-state index is 7.29. The maximum atomic E-state index is 7.29. The number of hydrogen-bond acceptors (Lipinski definition) is 5. The molecule has 0 amide bonds. The molecule has 0 radical (unpaired) electrons. The van der Waals surface area contributed by atoms with Crippen molar-refractivity contribution in [3.63, 3.8) is 0 Å². The molecule has 6 nitrogen and oxygen atoms in total. The highest BCUT2D eigenvalue weighted by atomic mass is 15.2. The zero-order chi connectivity index (χ0) is 13.5. The molecule has 0 saturated heterocycles. The highest BCUT2D eigenvalue weighted by molar-refractivity contribution is 5.92. The SMILES string of the molecule is CCCN(CCN(C)C)c1cnc(C(=N)N)cn1. The van der Waals surface area contributed by atoms with Crippen molar-refractivity contribution in [2.75, 3.05) is 38.6 Å². The Hall–Kier alpha value is -1.69. The third-order valence-corrected chi connectivity index (χ3v) is 2.55. The molecule has 100 valence electrons. The Morgan fingerprint density at radius 2 is 1.94 bits per heavy atom. The topological polar surface area (TPSA) is 82.1 Å². The fourth-order valence-corrected chi connectivity index (χ4v) is 1.56. The van der Waals surface area contributed by atoms with Gasteiger partial charge in [-0.15, -0.1) is 0 Å². The average Bonchev–Trinajstić information content (AvgIpc) is 2.34. The standard InChI is InChI=1S/C12H22N6/c1-4-5-18(7-6-17(2)3)11-9-15-10(8-16-11)12(13)14/h8-9H,4-7H2,1-3H3,(H3,13,14). The summed E-state index contributed by atoms with van der Waals surface area (Å²) in [5, 5.41) is 7.29. The molecule has 0 aromatic carbocycles. The zero-order valence-electron chi connectivity index (χ0n) is 11.3. The van der Waals surface area contributed by atoms with Gasteiger partial charge in [-0.1, -0.05) is 6.92 Å². The van der Waals surface area contributed by atoms with Gasteiger partial charge in [0, 0.05) is 19.6 Å². The van der Waals surface area contributed by atoms with E-state index in [2.05, 4.69) is 40.8 Å². The first-order chi connectivity index (χ1) is 8.54. The van der Waals surface area contributed by atoms with Crippen molar-refractivity contribution < 1.29 is 0 Å². The van der Waals surface area contributed by atoms with Crippen molar-refractivity contribution in [3.05, 3.63) is 18.1 Å². The maximum Gasteiger partial charge on any atom is 0.147 e. The number of nitrogens with one attached hydrogen (secondary N) is 1. The van der Waals surface area contributed by atoms with Crippen molar-refractivity contribution in [1.82, 2.24) is 14.9 Å². The summed E-state index contributed by atoms with van der Waals surface area (Å²) in [6.07, 6.45) is 4.29. The molecule has 0 bridgehead atoms. The molecule has 0 fully saturated rings. The van der Waals surface area contributed by atoms with E-state index in [-0.39, 0.29) is 5.84 Å². The van der Waals surface area contributed by atoms with E-state index in [1.807, 2.05) is 0 Å². The number of aromatic nitrogens is 2. The van der Waals surface area contributed by atoms with E-state index in [0.29, 0.717) is 5.69 Å². The van der Waals surface area contributed by atoms with Gasteiger partial charge in [0.2, 0.25) is 0 Å². The fraction of sp³-hybridized carbons (Fsp3) is 0.583. The summed E-state index contributed by atoms with van der Waals surface area (Å²) < 4.78 is 0. The molecule has 1 aromatic rings. The number of nitrogen functional groups attached to an aromatic ring is 1. The minimum absolute atomic E-state index is 0.0515. The van der Waals surface area contributed by atoms with Gasteiger partial charge >= 0.3 is 0 Å². The number of hydrogen-bond donors (Lipinski definition) is 2. The Labute approximate surface area is 108 Å². The summed E-state index contributed by atoms with van der Waals surface area (Å²) >= 11 is 0. The predicted octanol–water partition coefficient (Wildman–Crippen LogP) is 0.539. The Morgan fingerprint density at radius 1 is 1.22 bits per heavy atom. The van der Waals surface area contributed by atoms with Crippen LogP contribution in [0.2, 0.25) is 0 Å². The van der Waals surface area contributed by atoms with Crippen molar-refractivity contribution in [1.29, 1.82) is 5.41 Å². The van der Waals surface area contributed by atoms with Gasteiger partial charge < -0.3 is 15.5 Å². The first kappa shape index (κ1) is 14.4. The molecule has 0 aliphatic carbocycles. The molecule has 0 unspecified atom stereocenters. The lowest BCUT2D eigenvalue weighted by molar-refractivity contribution is 0.412. The Bertz CT molecular complexity index is 373. The van der Waals surface area contributed by atoms with Crippen LogP contribution in [-0.2, 0) is 0 Å². The normalized spacial score (nSPS) is 10.7. The van der Waals surface area contributed by atoms with Gasteiger partial charge in [0.05, 0.1) is 12.4 Å². The Balaban J connectivity index is 2.75. The van der Waals surface area contributed by atoms with E-state index in [1.165, 1.54) is 0 Å². The van der Waals surface area contributed by atoms with Crippen LogP contribution in [0, 0.1) is 5.41 Å². The Kier molecular flexibility index (Phi) is 5.51. The predicted molar refractivity (Wildman–Crippen MR) is 74.1 cm³/mol. The Morgan fingerprint density at radius 3 is 2.39 bits per heavy atom. The van der Waals surface area contributed by atoms with Crippen LogP contribution in [0.5, 0.6) is 0 Å². The van der Waals surface area contributed by atoms with Gasteiger partial charge in [-0.3, -0.25) is 5.41 Å². The molecule has 0 aliphatic heterocycles. The molecule has 0 aliphatic rings. The minimum Gasteiger partial charge on any atom is -0.382 e. The third kappa shape index (κ3) is 4.29. The van der Waals surface area contributed by atoms with Crippen LogP contribution in [0.25, 0.3) is 0 Å². The van der Waals surface area contributed by atoms with Crippen LogP contribution in [0.3, 0.4) is 0 Å². The van der Waals surface area contributed by atoms with Gasteiger partial charge in [-0.05, 0) is 20.5 Å². The molecule has 1 rings (SSSR count). The van der Waals surface area contributed by atoms with Gasteiger partial charge in [0.15, 0.2) is 0 Å². The van der Waals surface area contributed by atoms with E-state index in [0.717, 1.165) is 31.9 Å². The first-order valence-electron chi connectivity index (χ1n) is 6.10. The van der Waals surface area contributed by atoms with Crippen molar-refractivity contribution >= 4 is 11.7 Å². The number of anilines is 1. The summed E-state index contributed by atoms with van der Waals surface area (Å²) in [5.74, 6) is 0.785. The van der Waals surface area contributed by atoms with Crippen LogP contribution in [-0.4, -0.2) is 54.4 Å². The quantitative estimate of drug-likeness (QED) is 0.545. The van der Waals surface area contributed by atoms with Gasteiger partial charge in [0.1, 0.15) is 17.3 Å². The molecule has 3 N–H and O–H groups in total. The smallest absolute Gasteiger partial charge is 0.147 e. The summed E-state index contributed by atoms with van der Waals surface area (Å²) in [7, 11) is 4.10. The molecular weight excluding hydrogens is 228 g/mol. The largest absolute Gasteiger partial charge is 0.382 e. The zero-order valence-corrected chi connectivity index (χ0v) is 11.3. The van der Waals surface area contributed by atoms with Gasteiger partial charge in [-0.2, -0.15) is 0 Å². The summed E-state index contributed by atoms with van der Waals surface area (Å²) in [4.78, 5) is 12.8. The lowest BCUT2D eigenvalue weighted by Crippen LogP contribution is -2.33. The van der Waals surface area contributed by atoms with E-state index in [9.17, 15) is 0 Å². The van der Waals surface area contributed by atoms with E-state index in [1.54, 1.807) is 12.4 Å². The minimum atomic E-state index is -0.0515.